The van der Waals surface area contributed by atoms with Crippen LogP contribution in [-0.2, 0) is 4.79 Å². The molecule has 4 nitrogen and oxygen atoms in total. The monoisotopic (exact) mass is 298 g/mol. The average Bonchev–Trinajstić information content (AvgIpc) is 2.61. The van der Waals surface area contributed by atoms with Crippen molar-refractivity contribution in [1.82, 2.24) is 10.2 Å². The number of nitrogens with zero attached hydrogens (tertiary/aromatic N) is 1. The molecule has 1 aromatic carbocycles. The summed E-state index contributed by atoms with van der Waals surface area (Å²) in [6.07, 6.45) is 2.27. The minimum Gasteiger partial charge on any atom is -0.303 e. The van der Waals surface area contributed by atoms with Gasteiger partial charge in [0.2, 0.25) is 0 Å². The Hall–Kier alpha value is -1.52. The molecule has 2 rings (SSSR count). The van der Waals surface area contributed by atoms with Gasteiger partial charge in [-0.25, -0.2) is 4.79 Å². The number of benzene rings is 1. The van der Waals surface area contributed by atoms with Crippen LogP contribution >= 0.6 is 23.2 Å². The van der Waals surface area contributed by atoms with Crippen LogP contribution in [0.4, 0.5) is 4.79 Å². The van der Waals surface area contributed by atoms with E-state index in [1.165, 1.54) is 4.90 Å². The van der Waals surface area contributed by atoms with Crippen LogP contribution in [0.3, 0.4) is 0 Å². The van der Waals surface area contributed by atoms with Gasteiger partial charge in [-0.1, -0.05) is 36.2 Å². The van der Waals surface area contributed by atoms with Crippen LogP contribution in [0.5, 0.6) is 0 Å². The van der Waals surface area contributed by atoms with Gasteiger partial charge in [0.25, 0.3) is 5.91 Å². The number of amides is 3. The van der Waals surface area contributed by atoms with Crippen LogP contribution in [-0.4, -0.2) is 23.4 Å². The molecule has 3 amide bonds. The number of urea groups is 1. The Balaban J connectivity index is 2.30. The molecule has 1 saturated heterocycles. The molecule has 1 aliphatic rings. The lowest BCUT2D eigenvalue weighted by Gasteiger charge is -2.08. The molecule has 0 aliphatic carbocycles. The van der Waals surface area contributed by atoms with Gasteiger partial charge in [0.15, 0.2) is 0 Å². The van der Waals surface area contributed by atoms with Gasteiger partial charge >= 0.3 is 6.03 Å². The van der Waals surface area contributed by atoms with Gasteiger partial charge in [0.05, 0.1) is 0 Å². The van der Waals surface area contributed by atoms with Gasteiger partial charge in [-0.2, -0.15) is 0 Å². The Labute approximate surface area is 121 Å². The quantitative estimate of drug-likeness (QED) is 0.687. The van der Waals surface area contributed by atoms with Crippen molar-refractivity contribution in [3.05, 3.63) is 39.5 Å². The van der Waals surface area contributed by atoms with E-state index in [1.54, 1.807) is 24.3 Å². The summed E-state index contributed by atoms with van der Waals surface area (Å²) in [7, 11) is 0. The fourth-order valence-electron chi connectivity index (χ4n) is 1.77. The number of imide groups is 1. The largest absolute Gasteiger partial charge is 0.329 e. The number of hydrogen-bond acceptors (Lipinski definition) is 2. The molecule has 0 unspecified atom stereocenters. The van der Waals surface area contributed by atoms with E-state index in [0.29, 0.717) is 28.6 Å². The van der Waals surface area contributed by atoms with Crippen LogP contribution < -0.4 is 5.32 Å². The summed E-state index contributed by atoms with van der Waals surface area (Å²) in [6, 6.07) is 4.55. The first kappa shape index (κ1) is 13.9. The van der Waals surface area contributed by atoms with Crippen molar-refractivity contribution in [2.45, 2.75) is 13.3 Å². The van der Waals surface area contributed by atoms with Crippen molar-refractivity contribution >= 4 is 41.2 Å². The maximum Gasteiger partial charge on any atom is 0.329 e. The normalized spacial score (nSPS) is 17.2. The van der Waals surface area contributed by atoms with Crippen molar-refractivity contribution < 1.29 is 9.59 Å². The lowest BCUT2D eigenvalue weighted by Crippen LogP contribution is -2.31. The smallest absolute Gasteiger partial charge is 0.303 e. The molecule has 19 heavy (non-hydrogen) atoms. The van der Waals surface area contributed by atoms with E-state index in [9.17, 15) is 9.59 Å². The minimum absolute atomic E-state index is 0.225. The van der Waals surface area contributed by atoms with Crippen LogP contribution in [0.2, 0.25) is 10.0 Å². The molecule has 0 bridgehead atoms. The van der Waals surface area contributed by atoms with Crippen LogP contribution in [0, 0.1) is 0 Å². The molecule has 0 saturated carbocycles. The lowest BCUT2D eigenvalue weighted by atomic mass is 10.2. The highest BCUT2D eigenvalue weighted by molar-refractivity contribution is 6.35. The Kier molecular flexibility index (Phi) is 4.12. The molecular weight excluding hydrogens is 287 g/mol. The molecule has 1 aliphatic heterocycles. The van der Waals surface area contributed by atoms with Gasteiger partial charge in [-0.15, -0.1) is 0 Å². The molecule has 1 fully saturated rings. The average molecular weight is 299 g/mol. The molecule has 6 heteroatoms. The Morgan fingerprint density at radius 1 is 1.32 bits per heavy atom. The van der Waals surface area contributed by atoms with Crippen LogP contribution in [0.1, 0.15) is 18.9 Å². The Morgan fingerprint density at radius 3 is 2.68 bits per heavy atom. The number of carbonyl (C=O) groups excluding carboxylic acids is 2. The van der Waals surface area contributed by atoms with Crippen molar-refractivity contribution in [1.29, 1.82) is 0 Å². The second kappa shape index (κ2) is 5.63. The number of nitrogens with one attached hydrogen (secondary N) is 1. The van der Waals surface area contributed by atoms with Gasteiger partial charge < -0.3 is 5.32 Å². The predicted molar refractivity (Wildman–Crippen MR) is 75.0 cm³/mol. The number of rotatable bonds is 3. The van der Waals surface area contributed by atoms with Crippen molar-refractivity contribution in [3.63, 3.8) is 0 Å². The second-order valence-electron chi connectivity index (χ2n) is 4.11. The topological polar surface area (TPSA) is 49.4 Å². The maximum absolute atomic E-state index is 12.0. The molecule has 0 spiro atoms. The first-order chi connectivity index (χ1) is 9.02. The van der Waals surface area contributed by atoms with Gasteiger partial charge in [0, 0.05) is 16.6 Å². The molecular formula is C13H12Cl2N2O2. The zero-order chi connectivity index (χ0) is 14.0. The van der Waals surface area contributed by atoms with E-state index in [-0.39, 0.29) is 11.6 Å². The molecule has 0 atom stereocenters. The van der Waals surface area contributed by atoms with Crippen molar-refractivity contribution in [2.24, 2.45) is 0 Å². The molecule has 0 aromatic heterocycles. The summed E-state index contributed by atoms with van der Waals surface area (Å²) in [4.78, 5) is 24.8. The number of halogens is 2. The van der Waals surface area contributed by atoms with Crippen molar-refractivity contribution in [3.8, 4) is 0 Å². The van der Waals surface area contributed by atoms with Crippen LogP contribution in [0.15, 0.2) is 23.9 Å². The summed E-state index contributed by atoms with van der Waals surface area (Å²) in [6.45, 7) is 2.30. The maximum atomic E-state index is 12.0. The van der Waals surface area contributed by atoms with Gasteiger partial charge in [0.1, 0.15) is 5.70 Å². The zero-order valence-corrected chi connectivity index (χ0v) is 11.8. The number of hydrogen-bond donors (Lipinski definition) is 1. The molecule has 1 aromatic rings. The van der Waals surface area contributed by atoms with E-state index in [1.807, 2.05) is 6.92 Å². The molecule has 1 N–H and O–H groups in total. The molecule has 1 heterocycles. The van der Waals surface area contributed by atoms with Gasteiger partial charge in [-0.05, 0) is 30.2 Å². The fourth-order valence-corrected chi connectivity index (χ4v) is 2.24. The first-order valence-electron chi connectivity index (χ1n) is 5.82. The first-order valence-corrected chi connectivity index (χ1v) is 6.58. The van der Waals surface area contributed by atoms with Gasteiger partial charge in [-0.3, -0.25) is 9.69 Å². The SMILES string of the molecule is CCCN1C(=O)N/C(=C/c2ccc(Cl)cc2Cl)C1=O. The Morgan fingerprint density at radius 2 is 2.05 bits per heavy atom. The third kappa shape index (κ3) is 2.91. The fraction of sp³-hybridized carbons (Fsp3) is 0.231. The van der Waals surface area contributed by atoms with E-state index in [2.05, 4.69) is 5.32 Å². The van der Waals surface area contributed by atoms with Crippen molar-refractivity contribution in [2.75, 3.05) is 6.54 Å². The Bertz CT molecular complexity index is 570. The zero-order valence-electron chi connectivity index (χ0n) is 10.2. The van der Waals surface area contributed by atoms with Crippen LogP contribution in [0.25, 0.3) is 6.08 Å². The van der Waals surface area contributed by atoms with E-state index in [0.717, 1.165) is 0 Å². The summed E-state index contributed by atoms with van der Waals surface area (Å²) in [5, 5.41) is 3.48. The third-order valence-electron chi connectivity index (χ3n) is 2.67. The van der Waals surface area contributed by atoms with E-state index < -0.39 is 6.03 Å². The summed E-state index contributed by atoms with van der Waals surface area (Å²) in [5.41, 5.74) is 0.857. The minimum atomic E-state index is -0.400. The summed E-state index contributed by atoms with van der Waals surface area (Å²) < 4.78 is 0. The lowest BCUT2D eigenvalue weighted by molar-refractivity contribution is -0.122. The van der Waals surface area contributed by atoms with E-state index >= 15 is 0 Å². The predicted octanol–water partition coefficient (Wildman–Crippen LogP) is 3.30. The summed E-state index contributed by atoms with van der Waals surface area (Å²) >= 11 is 11.8. The highest BCUT2D eigenvalue weighted by Gasteiger charge is 2.32. The standard InChI is InChI=1S/C13H12Cl2N2O2/c1-2-5-17-12(18)11(16-13(17)19)6-8-3-4-9(14)7-10(8)15/h3-4,6-7H,2,5H2,1H3,(H,16,19)/b11-6+. The second-order valence-corrected chi connectivity index (χ2v) is 4.95. The molecule has 100 valence electrons. The molecule has 0 radical (unpaired) electrons. The third-order valence-corrected chi connectivity index (χ3v) is 3.23. The summed E-state index contributed by atoms with van der Waals surface area (Å²) in [5.74, 6) is -0.335. The number of carbonyl (C=O) groups is 2. The van der Waals surface area contributed by atoms with E-state index in [4.69, 9.17) is 23.2 Å². The highest BCUT2D eigenvalue weighted by atomic mass is 35.5. The highest BCUT2D eigenvalue weighted by Crippen LogP contribution is 2.24.